The summed E-state index contributed by atoms with van der Waals surface area (Å²) in [5, 5.41) is 9.66. The van der Waals surface area contributed by atoms with Gasteiger partial charge in [-0.15, -0.1) is 0 Å². The lowest BCUT2D eigenvalue weighted by atomic mass is 9.83. The molecule has 2 aromatic rings. The second-order valence-corrected chi connectivity index (χ2v) is 17.4. The minimum Gasteiger partial charge on any atom is -0.465 e. The zero-order valence-electron chi connectivity index (χ0n) is 24.4. The van der Waals surface area contributed by atoms with Gasteiger partial charge in [0.05, 0.1) is 18.8 Å². The standard InChI is InChI=1S/C29H42N4O5Si/c1-28(2,3)23-25(34)33(27(36)37)17-16-32(23)24-26(35)31(19-21-13-10-9-11-14-21)20-22(30-24)15-12-18-38-39(7,8)29(4,5)6/h9-15,20,23H,16-19H2,1-8H3,(H,36,37). The van der Waals surface area contributed by atoms with Crippen molar-refractivity contribution in [3.05, 3.63) is 64.2 Å². The van der Waals surface area contributed by atoms with Gasteiger partial charge in [-0.2, -0.15) is 0 Å². The van der Waals surface area contributed by atoms with Gasteiger partial charge in [0.2, 0.25) is 0 Å². The Hall–Kier alpha value is -3.24. The number of hydrogen-bond donors (Lipinski definition) is 1. The van der Waals surface area contributed by atoms with Gasteiger partial charge in [-0.1, -0.05) is 78.0 Å². The Morgan fingerprint density at radius 2 is 1.74 bits per heavy atom. The molecule has 0 bridgehead atoms. The number of aromatic nitrogens is 2. The molecule has 0 aliphatic carbocycles. The van der Waals surface area contributed by atoms with Crippen LogP contribution in [0, 0.1) is 5.41 Å². The van der Waals surface area contributed by atoms with E-state index in [4.69, 9.17) is 9.41 Å². The largest absolute Gasteiger partial charge is 0.465 e. The fraction of sp³-hybridized carbons (Fsp3) is 0.517. The van der Waals surface area contributed by atoms with Crippen LogP contribution in [0.15, 0.2) is 47.4 Å². The van der Waals surface area contributed by atoms with Crippen LogP contribution in [-0.2, 0) is 15.8 Å². The SMILES string of the molecule is CC(C)(C)C1C(=O)N(C(=O)O)CCN1c1nc(C=CCO[Si](C)(C)C(C)(C)C)cn(Cc2ccccc2)c1=O. The zero-order chi connectivity index (χ0) is 29.2. The van der Waals surface area contributed by atoms with Gasteiger partial charge in [0.15, 0.2) is 14.1 Å². The van der Waals surface area contributed by atoms with Crippen LogP contribution in [0.2, 0.25) is 18.1 Å². The fourth-order valence-corrected chi connectivity index (χ4v) is 5.28. The van der Waals surface area contributed by atoms with Gasteiger partial charge in [-0.25, -0.2) is 14.7 Å². The Kier molecular flexibility index (Phi) is 8.91. The van der Waals surface area contributed by atoms with Crippen molar-refractivity contribution in [2.24, 2.45) is 5.41 Å². The molecule has 9 nitrogen and oxygen atoms in total. The molecule has 0 saturated carbocycles. The van der Waals surface area contributed by atoms with Crippen molar-refractivity contribution in [2.75, 3.05) is 24.6 Å². The lowest BCUT2D eigenvalue weighted by Gasteiger charge is -2.45. The first-order valence-electron chi connectivity index (χ1n) is 13.3. The van der Waals surface area contributed by atoms with Gasteiger partial charge < -0.3 is 19.0 Å². The summed E-state index contributed by atoms with van der Waals surface area (Å²) in [6.45, 7) is 17.4. The van der Waals surface area contributed by atoms with Crippen molar-refractivity contribution in [1.29, 1.82) is 0 Å². The maximum absolute atomic E-state index is 13.8. The van der Waals surface area contributed by atoms with Crippen LogP contribution < -0.4 is 10.5 Å². The van der Waals surface area contributed by atoms with Gasteiger partial charge in [0, 0.05) is 19.3 Å². The molecule has 0 radical (unpaired) electrons. The number of rotatable bonds is 7. The van der Waals surface area contributed by atoms with Crippen LogP contribution >= 0.6 is 0 Å². The highest BCUT2D eigenvalue weighted by atomic mass is 28.4. The van der Waals surface area contributed by atoms with Gasteiger partial charge in [0.25, 0.3) is 11.5 Å². The van der Waals surface area contributed by atoms with E-state index in [1.807, 2.05) is 63.3 Å². The molecule has 1 atom stereocenters. The van der Waals surface area contributed by atoms with Crippen LogP contribution in [-0.4, -0.2) is 65.6 Å². The molecule has 1 saturated heterocycles. The molecule has 3 rings (SSSR count). The minimum absolute atomic E-state index is 0.0407. The van der Waals surface area contributed by atoms with Crippen LogP contribution in [0.4, 0.5) is 10.6 Å². The number of carbonyl (C=O) groups is 2. The molecule has 1 N–H and O–H groups in total. The van der Waals surface area contributed by atoms with E-state index in [-0.39, 0.29) is 29.5 Å². The maximum Gasteiger partial charge on any atom is 0.414 e. The summed E-state index contributed by atoms with van der Waals surface area (Å²) in [5.41, 5.74) is 0.526. The third-order valence-electron chi connectivity index (χ3n) is 7.51. The molecule has 2 heterocycles. The molecular weight excluding hydrogens is 512 g/mol. The second kappa shape index (κ2) is 11.5. The number of nitrogens with zero attached hydrogens (tertiary/aromatic N) is 4. The summed E-state index contributed by atoms with van der Waals surface area (Å²) in [6.07, 6.45) is 4.16. The Bertz CT molecular complexity index is 1280. The monoisotopic (exact) mass is 554 g/mol. The molecule has 39 heavy (non-hydrogen) atoms. The first kappa shape index (κ1) is 30.3. The number of hydrogen-bond acceptors (Lipinski definition) is 6. The normalized spacial score (nSPS) is 17.2. The quantitative estimate of drug-likeness (QED) is 0.477. The van der Waals surface area contributed by atoms with E-state index in [9.17, 15) is 19.5 Å². The van der Waals surface area contributed by atoms with Gasteiger partial charge in [-0.3, -0.25) is 9.59 Å². The summed E-state index contributed by atoms with van der Waals surface area (Å²) in [5.74, 6) is -0.419. The maximum atomic E-state index is 13.8. The Morgan fingerprint density at radius 3 is 2.31 bits per heavy atom. The Morgan fingerprint density at radius 1 is 1.10 bits per heavy atom. The van der Waals surface area contributed by atoms with Crippen molar-refractivity contribution in [2.45, 2.75) is 72.3 Å². The van der Waals surface area contributed by atoms with Gasteiger partial charge in [-0.05, 0) is 35.2 Å². The average molecular weight is 555 g/mol. The second-order valence-electron chi connectivity index (χ2n) is 12.6. The molecule has 1 fully saturated rings. The van der Waals surface area contributed by atoms with E-state index in [2.05, 4.69) is 33.9 Å². The molecular formula is C29H42N4O5Si. The van der Waals surface area contributed by atoms with Crippen LogP contribution in [0.5, 0.6) is 0 Å². The van der Waals surface area contributed by atoms with Crippen LogP contribution in [0.1, 0.15) is 52.8 Å². The molecule has 2 amide bonds. The number of anilines is 1. The third-order valence-corrected chi connectivity index (χ3v) is 12.0. The van der Waals surface area contributed by atoms with E-state index < -0.39 is 31.8 Å². The number of amides is 2. The van der Waals surface area contributed by atoms with Crippen molar-refractivity contribution in [3.63, 3.8) is 0 Å². The summed E-state index contributed by atoms with van der Waals surface area (Å²) < 4.78 is 7.86. The molecule has 0 spiro atoms. The first-order valence-corrected chi connectivity index (χ1v) is 16.2. The number of carbonyl (C=O) groups excluding carboxylic acids is 1. The van der Waals surface area contributed by atoms with E-state index in [1.54, 1.807) is 15.7 Å². The molecule has 212 valence electrons. The predicted molar refractivity (Wildman–Crippen MR) is 157 cm³/mol. The van der Waals surface area contributed by atoms with E-state index >= 15 is 0 Å². The average Bonchev–Trinajstić information content (AvgIpc) is 2.82. The van der Waals surface area contributed by atoms with E-state index in [0.717, 1.165) is 10.5 Å². The molecule has 10 heteroatoms. The molecule has 1 aliphatic rings. The number of imide groups is 1. The zero-order valence-corrected chi connectivity index (χ0v) is 25.4. The Balaban J connectivity index is 2.04. The van der Waals surface area contributed by atoms with Gasteiger partial charge >= 0.3 is 6.09 Å². The highest BCUT2D eigenvalue weighted by Crippen LogP contribution is 2.36. The Labute approximate surface area is 232 Å². The fourth-order valence-electron chi connectivity index (χ4n) is 4.34. The minimum atomic E-state index is -1.93. The summed E-state index contributed by atoms with van der Waals surface area (Å²) >= 11 is 0. The lowest BCUT2D eigenvalue weighted by molar-refractivity contribution is -0.134. The first-order chi connectivity index (χ1) is 18.0. The lowest BCUT2D eigenvalue weighted by Crippen LogP contribution is -2.63. The molecule has 1 aliphatic heterocycles. The topological polar surface area (TPSA) is 105 Å². The predicted octanol–water partition coefficient (Wildman–Crippen LogP) is 5.07. The van der Waals surface area contributed by atoms with E-state index in [0.29, 0.717) is 18.8 Å². The number of benzene rings is 1. The highest BCUT2D eigenvalue weighted by Gasteiger charge is 2.45. The van der Waals surface area contributed by atoms with Gasteiger partial charge in [0.1, 0.15) is 6.04 Å². The molecule has 1 aromatic carbocycles. The molecule has 1 aromatic heterocycles. The van der Waals surface area contributed by atoms with Crippen molar-refractivity contribution in [3.8, 4) is 0 Å². The summed E-state index contributed by atoms with van der Waals surface area (Å²) in [4.78, 5) is 46.0. The van der Waals surface area contributed by atoms with E-state index in [1.165, 1.54) is 0 Å². The smallest absolute Gasteiger partial charge is 0.414 e. The number of carboxylic acid groups (broad SMARTS) is 1. The van der Waals surface area contributed by atoms with Crippen molar-refractivity contribution >= 4 is 32.2 Å². The summed E-state index contributed by atoms with van der Waals surface area (Å²) in [7, 11) is -1.93. The van der Waals surface area contributed by atoms with Crippen molar-refractivity contribution < 1.29 is 19.1 Å². The van der Waals surface area contributed by atoms with Crippen LogP contribution in [0.3, 0.4) is 0 Å². The van der Waals surface area contributed by atoms with Crippen molar-refractivity contribution in [1.82, 2.24) is 14.5 Å². The summed E-state index contributed by atoms with van der Waals surface area (Å²) in [6, 6.07) is 8.78. The van der Waals surface area contributed by atoms with Crippen LogP contribution in [0.25, 0.3) is 6.08 Å². The highest BCUT2D eigenvalue weighted by molar-refractivity contribution is 6.74. The molecule has 1 unspecified atom stereocenters. The number of piperazine rings is 1. The third kappa shape index (κ3) is 7.05.